The standard InChI is InChI=1S/C17H23FN4O3/c1-10(2)9-25-16-11(8-19)7-14(18)15(22-16)20-12-3-5-13(6-4-12)21-17(23)24/h7,10,12-13,21H,3-6,9H2,1-2H3,(H,20,22)(H,23,24)/t12-,13-. The van der Waals surface area contributed by atoms with E-state index in [1.165, 1.54) is 0 Å². The van der Waals surface area contributed by atoms with Crippen LogP contribution in [0.15, 0.2) is 6.07 Å². The van der Waals surface area contributed by atoms with Gasteiger partial charge in [-0.05, 0) is 31.6 Å². The van der Waals surface area contributed by atoms with Gasteiger partial charge in [-0.1, -0.05) is 13.8 Å². The molecule has 2 rings (SSSR count). The molecular formula is C17H23FN4O3. The SMILES string of the molecule is CC(C)COc1nc(N[C@H]2CC[C@H](NC(=O)O)CC2)c(F)cc1C#N. The number of nitrogens with one attached hydrogen (secondary N) is 2. The highest BCUT2D eigenvalue weighted by Crippen LogP contribution is 2.26. The zero-order chi connectivity index (χ0) is 18.4. The molecule has 7 nitrogen and oxygen atoms in total. The molecule has 0 aromatic carbocycles. The van der Waals surface area contributed by atoms with Crippen molar-refractivity contribution < 1.29 is 19.0 Å². The lowest BCUT2D eigenvalue weighted by atomic mass is 9.91. The lowest BCUT2D eigenvalue weighted by molar-refractivity contribution is 0.185. The van der Waals surface area contributed by atoms with Crippen molar-refractivity contribution in [2.75, 3.05) is 11.9 Å². The number of carboxylic acid groups (broad SMARTS) is 1. The van der Waals surface area contributed by atoms with Gasteiger partial charge in [-0.15, -0.1) is 0 Å². The molecule has 0 radical (unpaired) electrons. The molecule has 1 aliphatic carbocycles. The van der Waals surface area contributed by atoms with Gasteiger partial charge >= 0.3 is 6.09 Å². The molecular weight excluding hydrogens is 327 g/mol. The number of anilines is 1. The van der Waals surface area contributed by atoms with Crippen molar-refractivity contribution in [3.8, 4) is 11.9 Å². The van der Waals surface area contributed by atoms with Crippen molar-refractivity contribution in [1.29, 1.82) is 5.26 Å². The first kappa shape index (κ1) is 18.8. The molecule has 0 spiro atoms. The molecule has 1 fully saturated rings. The first-order valence-electron chi connectivity index (χ1n) is 8.38. The number of hydrogen-bond acceptors (Lipinski definition) is 5. The number of aromatic nitrogens is 1. The van der Waals surface area contributed by atoms with Crippen molar-refractivity contribution >= 4 is 11.9 Å². The van der Waals surface area contributed by atoms with Crippen molar-refractivity contribution in [3.05, 3.63) is 17.4 Å². The third-order valence-electron chi connectivity index (χ3n) is 4.01. The summed E-state index contributed by atoms with van der Waals surface area (Å²) in [5.41, 5.74) is 0.0677. The minimum Gasteiger partial charge on any atom is -0.476 e. The zero-order valence-electron chi connectivity index (χ0n) is 14.4. The minimum absolute atomic E-state index is 0.000251. The van der Waals surface area contributed by atoms with E-state index in [0.717, 1.165) is 6.07 Å². The number of nitrogens with zero attached hydrogens (tertiary/aromatic N) is 2. The van der Waals surface area contributed by atoms with Crippen LogP contribution in [0.4, 0.5) is 15.0 Å². The molecule has 0 aliphatic heterocycles. The summed E-state index contributed by atoms with van der Waals surface area (Å²) < 4.78 is 19.7. The predicted molar refractivity (Wildman–Crippen MR) is 90.1 cm³/mol. The van der Waals surface area contributed by atoms with Crippen LogP contribution in [0.25, 0.3) is 0 Å². The van der Waals surface area contributed by atoms with Gasteiger partial charge < -0.3 is 20.5 Å². The van der Waals surface area contributed by atoms with Gasteiger partial charge in [0, 0.05) is 18.2 Å². The molecule has 0 bridgehead atoms. The van der Waals surface area contributed by atoms with Crippen LogP contribution in [-0.2, 0) is 0 Å². The molecule has 1 amide bonds. The number of nitriles is 1. The second kappa shape index (κ2) is 8.51. The van der Waals surface area contributed by atoms with Gasteiger partial charge in [0.1, 0.15) is 11.6 Å². The average Bonchev–Trinajstić information content (AvgIpc) is 2.56. The van der Waals surface area contributed by atoms with Gasteiger partial charge in [0.05, 0.1) is 6.61 Å². The normalized spacial score (nSPS) is 20.0. The maximum atomic E-state index is 14.2. The first-order valence-corrected chi connectivity index (χ1v) is 8.38. The number of halogens is 1. The van der Waals surface area contributed by atoms with Crippen LogP contribution in [0.2, 0.25) is 0 Å². The Bertz CT molecular complexity index is 652. The van der Waals surface area contributed by atoms with E-state index in [2.05, 4.69) is 15.6 Å². The highest BCUT2D eigenvalue weighted by Gasteiger charge is 2.24. The molecule has 1 aromatic rings. The quantitative estimate of drug-likeness (QED) is 0.727. The van der Waals surface area contributed by atoms with Gasteiger partial charge in [0.25, 0.3) is 0 Å². The zero-order valence-corrected chi connectivity index (χ0v) is 14.4. The van der Waals surface area contributed by atoms with E-state index in [4.69, 9.17) is 15.1 Å². The predicted octanol–water partition coefficient (Wildman–Crippen LogP) is 3.12. The highest BCUT2D eigenvalue weighted by atomic mass is 19.1. The monoisotopic (exact) mass is 350 g/mol. The molecule has 0 saturated heterocycles. The molecule has 1 aliphatic rings. The first-order chi connectivity index (χ1) is 11.9. The Kier molecular flexibility index (Phi) is 6.39. The van der Waals surface area contributed by atoms with Gasteiger partial charge in [0.15, 0.2) is 11.6 Å². The third-order valence-corrected chi connectivity index (χ3v) is 4.01. The van der Waals surface area contributed by atoms with Crippen molar-refractivity contribution in [2.45, 2.75) is 51.6 Å². The van der Waals surface area contributed by atoms with Crippen LogP contribution >= 0.6 is 0 Å². The summed E-state index contributed by atoms with van der Waals surface area (Å²) in [5.74, 6) is -0.153. The molecule has 3 N–H and O–H groups in total. The Hall–Kier alpha value is -2.56. The summed E-state index contributed by atoms with van der Waals surface area (Å²) in [6, 6.07) is 2.95. The summed E-state index contributed by atoms with van der Waals surface area (Å²) in [4.78, 5) is 14.8. The molecule has 8 heteroatoms. The smallest absolute Gasteiger partial charge is 0.404 e. The van der Waals surface area contributed by atoms with Crippen LogP contribution in [-0.4, -0.2) is 34.9 Å². The summed E-state index contributed by atoms with van der Waals surface area (Å²) in [5, 5.41) is 23.4. The Labute approximate surface area is 146 Å². The molecule has 1 aromatic heterocycles. The second-order valence-electron chi connectivity index (χ2n) is 6.63. The van der Waals surface area contributed by atoms with E-state index in [9.17, 15) is 9.18 Å². The maximum absolute atomic E-state index is 14.2. The number of pyridine rings is 1. The van der Waals surface area contributed by atoms with Crippen LogP contribution < -0.4 is 15.4 Å². The third kappa shape index (κ3) is 5.48. The second-order valence-corrected chi connectivity index (χ2v) is 6.63. The fourth-order valence-corrected chi connectivity index (χ4v) is 2.76. The van der Waals surface area contributed by atoms with Crippen molar-refractivity contribution in [3.63, 3.8) is 0 Å². The molecule has 25 heavy (non-hydrogen) atoms. The maximum Gasteiger partial charge on any atom is 0.404 e. The minimum atomic E-state index is -1.02. The molecule has 1 heterocycles. The lowest BCUT2D eigenvalue weighted by Crippen LogP contribution is -2.39. The summed E-state index contributed by atoms with van der Waals surface area (Å²) in [6.45, 7) is 4.33. The summed E-state index contributed by atoms with van der Waals surface area (Å²) in [6.07, 6.45) is 1.74. The topological polar surface area (TPSA) is 107 Å². The molecule has 1 saturated carbocycles. The number of amides is 1. The Morgan fingerprint density at radius 3 is 2.64 bits per heavy atom. The molecule has 0 unspecified atom stereocenters. The van der Waals surface area contributed by atoms with Gasteiger partial charge in [-0.3, -0.25) is 0 Å². The summed E-state index contributed by atoms with van der Waals surface area (Å²) >= 11 is 0. The van der Waals surface area contributed by atoms with E-state index in [-0.39, 0.29) is 35.3 Å². The number of carbonyl (C=O) groups is 1. The van der Waals surface area contributed by atoms with E-state index in [1.54, 1.807) is 0 Å². The van der Waals surface area contributed by atoms with Crippen LogP contribution in [0.5, 0.6) is 5.88 Å². The van der Waals surface area contributed by atoms with E-state index in [0.29, 0.717) is 32.3 Å². The number of hydrogen-bond donors (Lipinski definition) is 3. The molecule has 136 valence electrons. The number of rotatable bonds is 6. The molecule has 0 atom stereocenters. The van der Waals surface area contributed by atoms with E-state index >= 15 is 0 Å². The Morgan fingerprint density at radius 1 is 1.44 bits per heavy atom. The van der Waals surface area contributed by atoms with Crippen molar-refractivity contribution in [2.24, 2.45) is 5.92 Å². The van der Waals surface area contributed by atoms with E-state index < -0.39 is 11.9 Å². The van der Waals surface area contributed by atoms with Crippen LogP contribution in [0.3, 0.4) is 0 Å². The largest absolute Gasteiger partial charge is 0.476 e. The fraction of sp³-hybridized carbons (Fsp3) is 0.588. The number of ether oxygens (including phenoxy) is 1. The van der Waals surface area contributed by atoms with Crippen LogP contribution in [0, 0.1) is 23.1 Å². The fourth-order valence-electron chi connectivity index (χ4n) is 2.76. The van der Waals surface area contributed by atoms with Gasteiger partial charge in [-0.2, -0.15) is 10.2 Å². The van der Waals surface area contributed by atoms with Gasteiger partial charge in [-0.25, -0.2) is 9.18 Å². The average molecular weight is 350 g/mol. The highest BCUT2D eigenvalue weighted by molar-refractivity contribution is 5.64. The Balaban J connectivity index is 2.03. The van der Waals surface area contributed by atoms with Crippen LogP contribution in [0.1, 0.15) is 45.1 Å². The Morgan fingerprint density at radius 2 is 2.08 bits per heavy atom. The van der Waals surface area contributed by atoms with E-state index in [1.807, 2.05) is 19.9 Å². The van der Waals surface area contributed by atoms with Crippen molar-refractivity contribution in [1.82, 2.24) is 10.3 Å². The lowest BCUT2D eigenvalue weighted by Gasteiger charge is -2.29. The summed E-state index contributed by atoms with van der Waals surface area (Å²) in [7, 11) is 0. The van der Waals surface area contributed by atoms with Gasteiger partial charge in [0.2, 0.25) is 5.88 Å².